The van der Waals surface area contributed by atoms with Gasteiger partial charge in [0.05, 0.1) is 6.54 Å². The van der Waals surface area contributed by atoms with Crippen LogP contribution in [0.5, 0.6) is 0 Å². The van der Waals surface area contributed by atoms with Crippen LogP contribution >= 0.6 is 0 Å². The Morgan fingerprint density at radius 1 is 1.12 bits per heavy atom. The average Bonchev–Trinajstić information content (AvgIpc) is 2.64. The van der Waals surface area contributed by atoms with Gasteiger partial charge in [0.15, 0.2) is 0 Å². The summed E-state index contributed by atoms with van der Waals surface area (Å²) in [4.78, 5) is 29.5. The third-order valence-electron chi connectivity index (χ3n) is 3.62. The molecule has 1 heterocycles. The summed E-state index contributed by atoms with van der Waals surface area (Å²) >= 11 is 0. The van der Waals surface area contributed by atoms with Gasteiger partial charge in [0.2, 0.25) is 5.91 Å². The second kappa shape index (κ2) is 9.36. The highest BCUT2D eigenvalue weighted by Crippen LogP contribution is 2.01. The van der Waals surface area contributed by atoms with Crippen LogP contribution in [0, 0.1) is 5.82 Å². The molecule has 0 unspecified atom stereocenters. The van der Waals surface area contributed by atoms with E-state index in [1.807, 2.05) is 18.2 Å². The zero-order valence-corrected chi connectivity index (χ0v) is 14.0. The minimum atomic E-state index is -0.448. The number of urea groups is 1. The quantitative estimate of drug-likeness (QED) is 0.803. The number of aromatic nitrogens is 1. The zero-order chi connectivity index (χ0) is 18.1. The van der Waals surface area contributed by atoms with Gasteiger partial charge < -0.3 is 15.5 Å². The number of halogens is 1. The van der Waals surface area contributed by atoms with Gasteiger partial charge in [0.1, 0.15) is 5.82 Å². The van der Waals surface area contributed by atoms with Crippen LogP contribution in [0.2, 0.25) is 0 Å². The number of likely N-dealkylation sites (N-methyl/N-ethyl adjacent to an activating group) is 1. The Labute approximate surface area is 146 Å². The van der Waals surface area contributed by atoms with E-state index in [4.69, 9.17) is 0 Å². The van der Waals surface area contributed by atoms with Crippen molar-refractivity contribution in [3.8, 4) is 0 Å². The molecule has 0 aliphatic rings. The molecule has 0 saturated heterocycles. The van der Waals surface area contributed by atoms with E-state index in [0.717, 1.165) is 11.3 Å². The van der Waals surface area contributed by atoms with Crippen LogP contribution in [0.25, 0.3) is 0 Å². The molecule has 0 spiro atoms. The molecule has 25 heavy (non-hydrogen) atoms. The van der Waals surface area contributed by atoms with E-state index in [9.17, 15) is 14.0 Å². The molecule has 0 fully saturated rings. The molecule has 3 amide bonds. The van der Waals surface area contributed by atoms with Gasteiger partial charge in [-0.05, 0) is 29.8 Å². The molecule has 0 bridgehead atoms. The van der Waals surface area contributed by atoms with Gasteiger partial charge in [0, 0.05) is 38.4 Å². The minimum Gasteiger partial charge on any atom is -0.344 e. The number of nitrogens with zero attached hydrogens (tertiary/aromatic N) is 2. The number of carbonyl (C=O) groups excluding carboxylic acids is 2. The normalized spacial score (nSPS) is 10.2. The summed E-state index contributed by atoms with van der Waals surface area (Å²) in [5, 5.41) is 5.13. The van der Waals surface area contributed by atoms with E-state index in [1.165, 1.54) is 12.1 Å². The maximum Gasteiger partial charge on any atom is 0.315 e. The van der Waals surface area contributed by atoms with E-state index in [-0.39, 0.29) is 24.8 Å². The van der Waals surface area contributed by atoms with Crippen molar-refractivity contribution in [2.75, 3.05) is 20.1 Å². The van der Waals surface area contributed by atoms with E-state index in [2.05, 4.69) is 15.6 Å². The molecule has 0 atom stereocenters. The lowest BCUT2D eigenvalue weighted by Gasteiger charge is -2.17. The number of hydrogen-bond acceptors (Lipinski definition) is 3. The highest BCUT2D eigenvalue weighted by atomic mass is 19.1. The van der Waals surface area contributed by atoms with Crippen molar-refractivity contribution < 1.29 is 14.0 Å². The standard InChI is InChI=1S/C18H21FN4O2/c1-23(11-9-16-4-2-3-10-20-16)17(24)13-22-18(25)21-12-14-5-7-15(19)8-6-14/h2-8,10H,9,11-13H2,1H3,(H2,21,22,25). The summed E-state index contributed by atoms with van der Waals surface area (Å²) in [6.45, 7) is 0.693. The Kier molecular flexibility index (Phi) is 6.88. The number of carbonyl (C=O) groups is 2. The molecule has 0 aliphatic carbocycles. The van der Waals surface area contributed by atoms with Gasteiger partial charge >= 0.3 is 6.03 Å². The first kappa shape index (κ1) is 18.4. The van der Waals surface area contributed by atoms with Crippen LogP contribution in [0.15, 0.2) is 48.7 Å². The van der Waals surface area contributed by atoms with Gasteiger partial charge in [0.25, 0.3) is 0 Å². The first-order valence-electron chi connectivity index (χ1n) is 7.94. The van der Waals surface area contributed by atoms with Crippen LogP contribution in [-0.2, 0) is 17.8 Å². The second-order valence-electron chi connectivity index (χ2n) is 5.55. The molecular weight excluding hydrogens is 323 g/mol. The fourth-order valence-electron chi connectivity index (χ4n) is 2.09. The fourth-order valence-corrected chi connectivity index (χ4v) is 2.09. The SMILES string of the molecule is CN(CCc1ccccn1)C(=O)CNC(=O)NCc1ccc(F)cc1. The van der Waals surface area contributed by atoms with E-state index in [1.54, 1.807) is 30.3 Å². The van der Waals surface area contributed by atoms with E-state index >= 15 is 0 Å². The third kappa shape index (κ3) is 6.58. The van der Waals surface area contributed by atoms with Crippen molar-refractivity contribution in [3.05, 3.63) is 65.7 Å². The van der Waals surface area contributed by atoms with Crippen LogP contribution in [0.1, 0.15) is 11.3 Å². The van der Waals surface area contributed by atoms with Gasteiger partial charge in [-0.2, -0.15) is 0 Å². The Morgan fingerprint density at radius 2 is 1.88 bits per heavy atom. The Bertz CT molecular complexity index is 692. The molecule has 7 heteroatoms. The second-order valence-corrected chi connectivity index (χ2v) is 5.55. The summed E-state index contributed by atoms with van der Waals surface area (Å²) in [5.74, 6) is -0.514. The first-order valence-corrected chi connectivity index (χ1v) is 7.94. The van der Waals surface area contributed by atoms with Crippen molar-refractivity contribution >= 4 is 11.9 Å². The van der Waals surface area contributed by atoms with Gasteiger partial charge in [-0.25, -0.2) is 9.18 Å². The Hall–Kier alpha value is -2.96. The number of nitrogens with one attached hydrogen (secondary N) is 2. The monoisotopic (exact) mass is 344 g/mol. The number of rotatable bonds is 7. The zero-order valence-electron chi connectivity index (χ0n) is 14.0. The molecule has 2 aromatic rings. The lowest BCUT2D eigenvalue weighted by molar-refractivity contribution is -0.128. The van der Waals surface area contributed by atoms with Gasteiger partial charge in [-0.1, -0.05) is 18.2 Å². The highest BCUT2D eigenvalue weighted by Gasteiger charge is 2.10. The third-order valence-corrected chi connectivity index (χ3v) is 3.62. The molecule has 132 valence electrons. The number of amides is 3. The maximum atomic E-state index is 12.8. The molecule has 2 rings (SSSR count). The van der Waals surface area contributed by atoms with E-state index < -0.39 is 6.03 Å². The van der Waals surface area contributed by atoms with Crippen molar-refractivity contribution in [1.82, 2.24) is 20.5 Å². The largest absolute Gasteiger partial charge is 0.344 e. The lowest BCUT2D eigenvalue weighted by Crippen LogP contribution is -2.42. The van der Waals surface area contributed by atoms with Crippen LogP contribution in [-0.4, -0.2) is 42.0 Å². The summed E-state index contributed by atoms with van der Waals surface area (Å²) in [7, 11) is 1.68. The van der Waals surface area contributed by atoms with Crippen molar-refractivity contribution in [3.63, 3.8) is 0 Å². The Balaban J connectivity index is 1.66. The topological polar surface area (TPSA) is 74.3 Å². The highest BCUT2D eigenvalue weighted by molar-refractivity contribution is 5.83. The Morgan fingerprint density at radius 3 is 2.56 bits per heavy atom. The number of pyridine rings is 1. The minimum absolute atomic E-state index is 0.0893. The van der Waals surface area contributed by atoms with Crippen LogP contribution < -0.4 is 10.6 Å². The molecule has 0 saturated carbocycles. The predicted molar refractivity (Wildman–Crippen MR) is 92.2 cm³/mol. The van der Waals surface area contributed by atoms with Gasteiger partial charge in [-0.15, -0.1) is 0 Å². The van der Waals surface area contributed by atoms with Crippen LogP contribution in [0.4, 0.5) is 9.18 Å². The molecule has 1 aromatic heterocycles. The molecule has 0 aliphatic heterocycles. The van der Waals surface area contributed by atoms with Crippen molar-refractivity contribution in [1.29, 1.82) is 0 Å². The fraction of sp³-hybridized carbons (Fsp3) is 0.278. The van der Waals surface area contributed by atoms with Crippen molar-refractivity contribution in [2.24, 2.45) is 0 Å². The summed E-state index contributed by atoms with van der Waals surface area (Å²) in [5.41, 5.74) is 1.68. The summed E-state index contributed by atoms with van der Waals surface area (Å²) < 4.78 is 12.8. The number of hydrogen-bond donors (Lipinski definition) is 2. The lowest BCUT2D eigenvalue weighted by atomic mass is 10.2. The first-order chi connectivity index (χ1) is 12.0. The average molecular weight is 344 g/mol. The smallest absolute Gasteiger partial charge is 0.315 e. The summed E-state index contributed by atoms with van der Waals surface area (Å²) in [6.07, 6.45) is 2.37. The van der Waals surface area contributed by atoms with Gasteiger partial charge in [-0.3, -0.25) is 9.78 Å². The maximum absolute atomic E-state index is 12.8. The molecule has 6 nitrogen and oxygen atoms in total. The van der Waals surface area contributed by atoms with E-state index in [0.29, 0.717) is 13.0 Å². The predicted octanol–water partition coefficient (Wildman–Crippen LogP) is 1.72. The van der Waals surface area contributed by atoms with Crippen molar-refractivity contribution in [2.45, 2.75) is 13.0 Å². The van der Waals surface area contributed by atoms with Crippen LogP contribution in [0.3, 0.4) is 0 Å². The number of benzene rings is 1. The molecular formula is C18H21FN4O2. The molecule has 2 N–H and O–H groups in total. The molecule has 1 aromatic carbocycles. The summed E-state index contributed by atoms with van der Waals surface area (Å²) in [6, 6.07) is 11.0. The molecule has 0 radical (unpaired) electrons.